The van der Waals surface area contributed by atoms with Crippen LogP contribution in [0.1, 0.15) is 41.6 Å². The Morgan fingerprint density at radius 1 is 1.07 bits per heavy atom. The van der Waals surface area contributed by atoms with Crippen LogP contribution in [0.15, 0.2) is 18.2 Å². The van der Waals surface area contributed by atoms with Crippen molar-refractivity contribution in [2.75, 3.05) is 24.5 Å². The maximum atomic E-state index is 13.3. The first-order valence-corrected chi connectivity index (χ1v) is 8.71. The van der Waals surface area contributed by atoms with Gasteiger partial charge in [0.05, 0.1) is 11.5 Å². The van der Waals surface area contributed by atoms with Gasteiger partial charge in [-0.05, 0) is 37.5 Å². The number of hydrogen-bond donors (Lipinski definition) is 1. The van der Waals surface area contributed by atoms with Gasteiger partial charge in [0.15, 0.2) is 0 Å². The lowest BCUT2D eigenvalue weighted by molar-refractivity contribution is -0.143. The average Bonchev–Trinajstić information content (AvgIpc) is 3.06. The molecule has 27 heavy (non-hydrogen) atoms. The number of aliphatic carboxylic acids is 1. The number of anilines is 1. The van der Waals surface area contributed by atoms with Gasteiger partial charge in [0.2, 0.25) is 5.91 Å². The summed E-state index contributed by atoms with van der Waals surface area (Å²) in [6, 6.07) is 2.98. The minimum atomic E-state index is -4.65. The monoisotopic (exact) mass is 384 g/mol. The van der Waals surface area contributed by atoms with Crippen molar-refractivity contribution in [3.8, 4) is 0 Å². The van der Waals surface area contributed by atoms with Crippen molar-refractivity contribution < 1.29 is 32.7 Å². The molecule has 0 atom stereocenters. The fraction of sp³-hybridized carbons (Fsp3) is 0.500. The van der Waals surface area contributed by atoms with E-state index in [2.05, 4.69) is 0 Å². The lowest BCUT2D eigenvalue weighted by Gasteiger charge is -2.30. The lowest BCUT2D eigenvalue weighted by atomic mass is 9.96. The molecule has 1 aromatic carbocycles. The van der Waals surface area contributed by atoms with Gasteiger partial charge in [-0.3, -0.25) is 14.4 Å². The van der Waals surface area contributed by atoms with Crippen molar-refractivity contribution in [2.24, 2.45) is 5.92 Å². The highest BCUT2D eigenvalue weighted by molar-refractivity contribution is 5.99. The highest BCUT2D eigenvalue weighted by Gasteiger charge is 2.35. The number of carbonyl (C=O) groups is 3. The Balaban J connectivity index is 1.89. The lowest BCUT2D eigenvalue weighted by Crippen LogP contribution is -2.40. The number of benzene rings is 1. The second-order valence-electron chi connectivity index (χ2n) is 6.82. The van der Waals surface area contributed by atoms with E-state index in [1.165, 1.54) is 15.9 Å². The summed E-state index contributed by atoms with van der Waals surface area (Å²) in [5.41, 5.74) is -1.06. The third kappa shape index (κ3) is 4.06. The first-order chi connectivity index (χ1) is 12.7. The molecule has 2 heterocycles. The molecule has 0 unspecified atom stereocenters. The Labute approximate surface area is 153 Å². The molecular weight excluding hydrogens is 365 g/mol. The quantitative estimate of drug-likeness (QED) is 0.869. The number of amides is 2. The Morgan fingerprint density at radius 2 is 1.74 bits per heavy atom. The van der Waals surface area contributed by atoms with Crippen molar-refractivity contribution >= 4 is 23.5 Å². The van der Waals surface area contributed by atoms with Gasteiger partial charge in [-0.25, -0.2) is 0 Å². The van der Waals surface area contributed by atoms with E-state index in [0.29, 0.717) is 13.0 Å². The van der Waals surface area contributed by atoms with E-state index in [4.69, 9.17) is 5.11 Å². The summed E-state index contributed by atoms with van der Waals surface area (Å²) in [7, 11) is 0. The van der Waals surface area contributed by atoms with E-state index in [9.17, 15) is 27.6 Å². The summed E-state index contributed by atoms with van der Waals surface area (Å²) in [4.78, 5) is 38.3. The Kier molecular flexibility index (Phi) is 5.12. The Hall–Kier alpha value is -2.58. The molecule has 2 fully saturated rings. The van der Waals surface area contributed by atoms with Gasteiger partial charge in [-0.2, -0.15) is 13.2 Å². The predicted octanol–water partition coefficient (Wildman–Crippen LogP) is 2.77. The number of hydrogen-bond acceptors (Lipinski definition) is 3. The minimum Gasteiger partial charge on any atom is -0.481 e. The molecule has 6 nitrogen and oxygen atoms in total. The van der Waals surface area contributed by atoms with E-state index in [-0.39, 0.29) is 49.5 Å². The maximum absolute atomic E-state index is 13.3. The summed E-state index contributed by atoms with van der Waals surface area (Å²) in [6.45, 7) is 0.659. The summed E-state index contributed by atoms with van der Waals surface area (Å²) in [5, 5.41) is 9.02. The number of piperidine rings is 1. The van der Waals surface area contributed by atoms with Crippen LogP contribution in [0, 0.1) is 5.92 Å². The predicted molar refractivity (Wildman–Crippen MR) is 89.3 cm³/mol. The summed E-state index contributed by atoms with van der Waals surface area (Å²) >= 11 is 0. The van der Waals surface area contributed by atoms with Crippen LogP contribution in [0.3, 0.4) is 0 Å². The number of rotatable bonds is 3. The van der Waals surface area contributed by atoms with Gasteiger partial charge in [-0.1, -0.05) is 0 Å². The number of halogens is 3. The summed E-state index contributed by atoms with van der Waals surface area (Å²) in [6.07, 6.45) is -3.30. The standard InChI is InChI=1S/C18H19F3N2O4/c19-18(20,21)13-8-12(9-14(10-13)23-5-1-2-15(23)24)16(25)22-6-3-11(4-7-22)17(26)27/h8-11H,1-7H2,(H,26,27). The van der Waals surface area contributed by atoms with Crippen molar-refractivity contribution in [3.63, 3.8) is 0 Å². The molecule has 0 aliphatic carbocycles. The number of nitrogens with zero attached hydrogens (tertiary/aromatic N) is 2. The van der Waals surface area contributed by atoms with E-state index in [1.54, 1.807) is 0 Å². The largest absolute Gasteiger partial charge is 0.481 e. The SMILES string of the molecule is O=C(O)C1CCN(C(=O)c2cc(N3CCCC3=O)cc(C(F)(F)F)c2)CC1. The third-order valence-electron chi connectivity index (χ3n) is 5.01. The molecule has 2 aliphatic rings. The van der Waals surface area contributed by atoms with Crippen LogP contribution in [0.25, 0.3) is 0 Å². The van der Waals surface area contributed by atoms with Gasteiger partial charge in [-0.15, -0.1) is 0 Å². The highest BCUT2D eigenvalue weighted by atomic mass is 19.4. The van der Waals surface area contributed by atoms with Crippen LogP contribution in [-0.4, -0.2) is 47.4 Å². The fourth-order valence-electron chi connectivity index (χ4n) is 3.49. The van der Waals surface area contributed by atoms with Crippen LogP contribution in [0.2, 0.25) is 0 Å². The molecule has 0 radical (unpaired) electrons. The zero-order valence-corrected chi connectivity index (χ0v) is 14.5. The first kappa shape index (κ1) is 19.2. The van der Waals surface area contributed by atoms with Gasteiger partial charge in [0.25, 0.3) is 5.91 Å². The zero-order valence-electron chi connectivity index (χ0n) is 14.5. The second-order valence-corrected chi connectivity index (χ2v) is 6.82. The molecule has 0 spiro atoms. The highest BCUT2D eigenvalue weighted by Crippen LogP contribution is 2.34. The number of carbonyl (C=O) groups excluding carboxylic acids is 2. The van der Waals surface area contributed by atoms with Crippen LogP contribution in [0.5, 0.6) is 0 Å². The van der Waals surface area contributed by atoms with Crippen molar-refractivity contribution in [3.05, 3.63) is 29.3 Å². The molecule has 0 aromatic heterocycles. The minimum absolute atomic E-state index is 0.0658. The first-order valence-electron chi connectivity index (χ1n) is 8.71. The van der Waals surface area contributed by atoms with Gasteiger partial charge in [0, 0.05) is 37.3 Å². The molecule has 1 aromatic rings. The number of carboxylic acid groups (broad SMARTS) is 1. The number of carboxylic acids is 1. The van der Waals surface area contributed by atoms with Crippen molar-refractivity contribution in [1.29, 1.82) is 0 Å². The van der Waals surface area contributed by atoms with Crippen molar-refractivity contribution in [1.82, 2.24) is 4.90 Å². The topological polar surface area (TPSA) is 77.9 Å². The molecule has 1 N–H and O–H groups in total. The van der Waals surface area contributed by atoms with Gasteiger partial charge >= 0.3 is 12.1 Å². The molecule has 2 saturated heterocycles. The molecule has 0 saturated carbocycles. The average molecular weight is 384 g/mol. The molecule has 9 heteroatoms. The summed E-state index contributed by atoms with van der Waals surface area (Å²) < 4.78 is 39.9. The van der Waals surface area contributed by atoms with E-state index in [0.717, 1.165) is 12.1 Å². The van der Waals surface area contributed by atoms with Crippen LogP contribution >= 0.6 is 0 Å². The number of alkyl halides is 3. The normalized spacial score (nSPS) is 18.9. The zero-order chi connectivity index (χ0) is 19.8. The van der Waals surface area contributed by atoms with Gasteiger partial charge < -0.3 is 14.9 Å². The molecule has 3 rings (SSSR count). The van der Waals surface area contributed by atoms with E-state index in [1.807, 2.05) is 0 Å². The molecule has 0 bridgehead atoms. The Morgan fingerprint density at radius 3 is 2.26 bits per heavy atom. The Bertz CT molecular complexity index is 770. The smallest absolute Gasteiger partial charge is 0.416 e. The van der Waals surface area contributed by atoms with E-state index >= 15 is 0 Å². The van der Waals surface area contributed by atoms with E-state index < -0.39 is 29.5 Å². The van der Waals surface area contributed by atoms with Crippen LogP contribution in [-0.2, 0) is 15.8 Å². The molecular formula is C18H19F3N2O4. The molecule has 2 amide bonds. The number of likely N-dealkylation sites (tertiary alicyclic amines) is 1. The third-order valence-corrected chi connectivity index (χ3v) is 5.01. The fourth-order valence-corrected chi connectivity index (χ4v) is 3.49. The second kappa shape index (κ2) is 7.21. The summed E-state index contributed by atoms with van der Waals surface area (Å²) in [5.74, 6) is -2.34. The van der Waals surface area contributed by atoms with Crippen molar-refractivity contribution in [2.45, 2.75) is 31.9 Å². The molecule has 2 aliphatic heterocycles. The van der Waals surface area contributed by atoms with Crippen LogP contribution in [0.4, 0.5) is 18.9 Å². The van der Waals surface area contributed by atoms with Crippen LogP contribution < -0.4 is 4.90 Å². The molecule has 146 valence electrons. The van der Waals surface area contributed by atoms with Gasteiger partial charge in [0.1, 0.15) is 0 Å². The maximum Gasteiger partial charge on any atom is 0.416 e.